The van der Waals surface area contributed by atoms with E-state index in [4.69, 9.17) is 5.73 Å². The zero-order valence-electron chi connectivity index (χ0n) is 13.4. The van der Waals surface area contributed by atoms with Gasteiger partial charge in [0.25, 0.3) is 0 Å². The molecule has 0 bridgehead atoms. The van der Waals surface area contributed by atoms with Crippen LogP contribution in [0.2, 0.25) is 0 Å². The van der Waals surface area contributed by atoms with Gasteiger partial charge >= 0.3 is 0 Å². The molecule has 7 nitrogen and oxygen atoms in total. The summed E-state index contributed by atoms with van der Waals surface area (Å²) >= 11 is 0. The molecule has 22 heavy (non-hydrogen) atoms. The van der Waals surface area contributed by atoms with Crippen LogP contribution in [0.1, 0.15) is 31.2 Å². The molecule has 0 fully saturated rings. The minimum absolute atomic E-state index is 0.171. The fourth-order valence-corrected chi connectivity index (χ4v) is 1.88. The summed E-state index contributed by atoms with van der Waals surface area (Å²) in [6.45, 7) is 7.87. The molecule has 3 N–H and O–H groups in total. The van der Waals surface area contributed by atoms with Crippen molar-refractivity contribution in [1.29, 1.82) is 0 Å². The molecule has 0 spiro atoms. The van der Waals surface area contributed by atoms with Crippen LogP contribution in [0.15, 0.2) is 23.8 Å². The first-order valence-electron chi connectivity index (χ1n) is 7.22. The molecule has 7 heteroatoms. The van der Waals surface area contributed by atoms with E-state index >= 15 is 0 Å². The summed E-state index contributed by atoms with van der Waals surface area (Å²) in [4.78, 5) is 26.1. The molecule has 120 valence electrons. The van der Waals surface area contributed by atoms with Gasteiger partial charge in [-0.1, -0.05) is 19.9 Å². The van der Waals surface area contributed by atoms with Gasteiger partial charge in [-0.3, -0.25) is 14.7 Å². The Morgan fingerprint density at radius 3 is 2.91 bits per heavy atom. The van der Waals surface area contributed by atoms with Crippen molar-refractivity contribution in [3.05, 3.63) is 30.2 Å². The van der Waals surface area contributed by atoms with Crippen LogP contribution in [0, 0.1) is 6.92 Å². The van der Waals surface area contributed by atoms with Crippen molar-refractivity contribution < 1.29 is 4.79 Å². The number of nitrogens with one attached hydrogen (secondary N) is 1. The second kappa shape index (κ2) is 8.89. The number of hydrogen-bond acceptors (Lipinski definition) is 5. The van der Waals surface area contributed by atoms with E-state index in [1.54, 1.807) is 24.5 Å². The smallest absolute Gasteiger partial charge is 0.237 e. The molecule has 0 saturated carbocycles. The van der Waals surface area contributed by atoms with Gasteiger partial charge in [0.05, 0.1) is 24.6 Å². The minimum atomic E-state index is -0.482. The SMILES string of the molecule is C=CN(C=NC)c1nc(C)cc(CNC(=O)C(N)CCC)n1. The van der Waals surface area contributed by atoms with Crippen molar-refractivity contribution in [2.24, 2.45) is 10.7 Å². The van der Waals surface area contributed by atoms with Gasteiger partial charge in [0.1, 0.15) is 0 Å². The molecule has 0 radical (unpaired) electrons. The first-order valence-corrected chi connectivity index (χ1v) is 7.22. The van der Waals surface area contributed by atoms with Crippen LogP contribution in [0.25, 0.3) is 0 Å². The number of aromatic nitrogens is 2. The molecule has 1 aromatic rings. The molecule has 0 aromatic carbocycles. The van der Waals surface area contributed by atoms with Gasteiger partial charge in [-0.25, -0.2) is 9.97 Å². The lowest BCUT2D eigenvalue weighted by atomic mass is 10.1. The molecule has 0 aliphatic heterocycles. The zero-order valence-corrected chi connectivity index (χ0v) is 13.4. The lowest BCUT2D eigenvalue weighted by molar-refractivity contribution is -0.122. The van der Waals surface area contributed by atoms with Crippen LogP contribution < -0.4 is 16.0 Å². The first-order chi connectivity index (χ1) is 10.5. The van der Waals surface area contributed by atoms with E-state index in [0.717, 1.165) is 12.1 Å². The molecular weight excluding hydrogens is 280 g/mol. The average Bonchev–Trinajstić information content (AvgIpc) is 2.49. The Morgan fingerprint density at radius 1 is 1.59 bits per heavy atom. The summed E-state index contributed by atoms with van der Waals surface area (Å²) in [6, 6.07) is 1.34. The third kappa shape index (κ3) is 5.25. The number of aryl methyl sites for hydroxylation is 1. The Morgan fingerprint density at radius 2 is 2.32 bits per heavy atom. The van der Waals surface area contributed by atoms with Crippen molar-refractivity contribution >= 4 is 18.2 Å². The number of rotatable bonds is 8. The maximum atomic E-state index is 11.8. The summed E-state index contributed by atoms with van der Waals surface area (Å²) in [7, 11) is 1.66. The number of nitrogens with zero attached hydrogens (tertiary/aromatic N) is 4. The molecular formula is C15H24N6O. The Labute approximate surface area is 131 Å². The van der Waals surface area contributed by atoms with E-state index in [1.807, 2.05) is 19.9 Å². The van der Waals surface area contributed by atoms with Gasteiger partial charge in [-0.05, 0) is 19.4 Å². The van der Waals surface area contributed by atoms with Crippen LogP contribution >= 0.6 is 0 Å². The van der Waals surface area contributed by atoms with E-state index in [9.17, 15) is 4.79 Å². The van der Waals surface area contributed by atoms with E-state index in [0.29, 0.717) is 24.6 Å². The third-order valence-corrected chi connectivity index (χ3v) is 2.94. The van der Waals surface area contributed by atoms with Gasteiger partial charge in [0.2, 0.25) is 11.9 Å². The number of hydrogen-bond donors (Lipinski definition) is 2. The fourth-order valence-electron chi connectivity index (χ4n) is 1.88. The Hall–Kier alpha value is -2.28. The largest absolute Gasteiger partial charge is 0.349 e. The van der Waals surface area contributed by atoms with Crippen molar-refractivity contribution in [3.63, 3.8) is 0 Å². The minimum Gasteiger partial charge on any atom is -0.349 e. The van der Waals surface area contributed by atoms with Gasteiger partial charge in [0.15, 0.2) is 0 Å². The number of aliphatic imine (C=N–C) groups is 1. The standard InChI is InChI=1S/C15H24N6O/c1-5-7-13(16)14(22)18-9-12-8-11(3)19-15(20-12)21(6-2)10-17-4/h6,8,10,13H,2,5,7,9,16H2,1,3-4H3,(H,18,22). The third-order valence-electron chi connectivity index (χ3n) is 2.94. The topological polar surface area (TPSA) is 96.5 Å². The maximum Gasteiger partial charge on any atom is 0.237 e. The molecule has 1 aromatic heterocycles. The summed E-state index contributed by atoms with van der Waals surface area (Å²) in [5.41, 5.74) is 7.28. The number of nitrogens with two attached hydrogens (primary N) is 1. The first kappa shape index (κ1) is 17.8. The molecule has 1 atom stereocenters. The van der Waals surface area contributed by atoms with Crippen LogP contribution in [0.3, 0.4) is 0 Å². The molecule has 1 heterocycles. The molecule has 0 aliphatic carbocycles. The predicted octanol–water partition coefficient (Wildman–Crippen LogP) is 1.14. The highest BCUT2D eigenvalue weighted by atomic mass is 16.2. The van der Waals surface area contributed by atoms with Crippen LogP contribution in [0.5, 0.6) is 0 Å². The van der Waals surface area contributed by atoms with Crippen LogP contribution in [0.4, 0.5) is 5.95 Å². The van der Waals surface area contributed by atoms with E-state index in [-0.39, 0.29) is 5.91 Å². The Bertz CT molecular complexity index is 543. The second-order valence-corrected chi connectivity index (χ2v) is 4.88. The number of amides is 1. The molecule has 0 saturated heterocycles. The molecule has 1 unspecified atom stereocenters. The van der Waals surface area contributed by atoms with Crippen LogP contribution in [-0.2, 0) is 11.3 Å². The molecule has 1 amide bonds. The van der Waals surface area contributed by atoms with Crippen molar-refractivity contribution in [2.45, 2.75) is 39.3 Å². The highest BCUT2D eigenvalue weighted by Gasteiger charge is 2.13. The summed E-state index contributed by atoms with van der Waals surface area (Å²) in [5, 5.41) is 2.79. The summed E-state index contributed by atoms with van der Waals surface area (Å²) in [6.07, 6.45) is 4.68. The van der Waals surface area contributed by atoms with Gasteiger partial charge < -0.3 is 11.1 Å². The van der Waals surface area contributed by atoms with Gasteiger partial charge in [-0.2, -0.15) is 0 Å². The predicted molar refractivity (Wildman–Crippen MR) is 88.6 cm³/mol. The normalized spacial score (nSPS) is 12.2. The highest BCUT2D eigenvalue weighted by Crippen LogP contribution is 2.09. The quantitative estimate of drug-likeness (QED) is 0.554. The van der Waals surface area contributed by atoms with E-state index < -0.39 is 6.04 Å². The lowest BCUT2D eigenvalue weighted by Crippen LogP contribution is -2.40. The second-order valence-electron chi connectivity index (χ2n) is 4.88. The van der Waals surface area contributed by atoms with Gasteiger partial charge in [-0.15, -0.1) is 0 Å². The van der Waals surface area contributed by atoms with Crippen molar-refractivity contribution in [3.8, 4) is 0 Å². The summed E-state index contributed by atoms with van der Waals surface area (Å²) < 4.78 is 0. The maximum absolute atomic E-state index is 11.8. The lowest BCUT2D eigenvalue weighted by Gasteiger charge is -2.15. The number of anilines is 1. The van der Waals surface area contributed by atoms with Crippen molar-refractivity contribution in [2.75, 3.05) is 11.9 Å². The van der Waals surface area contributed by atoms with Crippen molar-refractivity contribution in [1.82, 2.24) is 15.3 Å². The average molecular weight is 304 g/mol. The number of carbonyl (C=O) groups excluding carboxylic acids is 1. The zero-order chi connectivity index (χ0) is 16.5. The molecule has 0 aliphatic rings. The Kier molecular flexibility index (Phi) is 7.18. The molecule has 1 rings (SSSR count). The fraction of sp³-hybridized carbons (Fsp3) is 0.467. The number of carbonyl (C=O) groups is 1. The van der Waals surface area contributed by atoms with Crippen LogP contribution in [-0.4, -0.2) is 35.3 Å². The summed E-state index contributed by atoms with van der Waals surface area (Å²) in [5.74, 6) is 0.290. The van der Waals surface area contributed by atoms with Gasteiger partial charge in [0, 0.05) is 18.9 Å². The van der Waals surface area contributed by atoms with E-state index in [1.165, 1.54) is 0 Å². The highest BCUT2D eigenvalue weighted by molar-refractivity contribution is 5.81. The Balaban J connectivity index is 2.81. The van der Waals surface area contributed by atoms with E-state index in [2.05, 4.69) is 26.9 Å². The monoisotopic (exact) mass is 304 g/mol.